The minimum absolute atomic E-state index is 0.265. The molecule has 4 nitrogen and oxygen atoms in total. The van der Waals surface area contributed by atoms with E-state index in [9.17, 15) is 4.79 Å². The standard InChI is InChI=1S/C19H18N2O2S/c1-4-11-21-16-10-5-13(2)12-17(16)24-19(21)20-18(22)14-6-8-15(23-3)9-7-14/h4-10,12H,1,11H2,2-3H3. The van der Waals surface area contributed by atoms with Gasteiger partial charge in [0.1, 0.15) is 5.75 Å². The fourth-order valence-corrected chi connectivity index (χ4v) is 3.59. The van der Waals surface area contributed by atoms with Gasteiger partial charge in [-0.15, -0.1) is 6.58 Å². The number of benzene rings is 2. The van der Waals surface area contributed by atoms with Crippen LogP contribution in [-0.2, 0) is 6.54 Å². The molecule has 3 aromatic rings. The Morgan fingerprint density at radius 1 is 1.29 bits per heavy atom. The minimum atomic E-state index is -0.265. The normalized spacial score (nSPS) is 11.7. The monoisotopic (exact) mass is 338 g/mol. The van der Waals surface area contributed by atoms with E-state index in [2.05, 4.69) is 36.7 Å². The van der Waals surface area contributed by atoms with Gasteiger partial charge < -0.3 is 9.30 Å². The molecule has 0 aliphatic heterocycles. The fraction of sp³-hybridized carbons (Fsp3) is 0.158. The molecule has 3 rings (SSSR count). The third kappa shape index (κ3) is 3.16. The highest BCUT2D eigenvalue weighted by atomic mass is 32.1. The molecule has 1 aromatic heterocycles. The van der Waals surface area contributed by atoms with Crippen LogP contribution in [0.5, 0.6) is 5.75 Å². The van der Waals surface area contributed by atoms with Crippen molar-refractivity contribution in [1.82, 2.24) is 4.57 Å². The van der Waals surface area contributed by atoms with Crippen molar-refractivity contribution in [3.8, 4) is 5.75 Å². The second-order valence-corrected chi connectivity index (χ2v) is 6.41. The lowest BCUT2D eigenvalue weighted by molar-refractivity contribution is 0.0998. The average molecular weight is 338 g/mol. The van der Waals surface area contributed by atoms with Gasteiger partial charge in [-0.3, -0.25) is 4.79 Å². The van der Waals surface area contributed by atoms with Crippen LogP contribution in [0.1, 0.15) is 15.9 Å². The fourth-order valence-electron chi connectivity index (χ4n) is 2.46. The van der Waals surface area contributed by atoms with Crippen molar-refractivity contribution < 1.29 is 9.53 Å². The first-order valence-electron chi connectivity index (χ1n) is 7.56. The summed E-state index contributed by atoms with van der Waals surface area (Å²) in [5, 5.41) is 0. The van der Waals surface area contributed by atoms with Crippen molar-refractivity contribution >= 4 is 27.5 Å². The predicted molar refractivity (Wildman–Crippen MR) is 97.6 cm³/mol. The summed E-state index contributed by atoms with van der Waals surface area (Å²) in [6.45, 7) is 6.46. The zero-order valence-corrected chi connectivity index (χ0v) is 14.5. The van der Waals surface area contributed by atoms with E-state index >= 15 is 0 Å². The summed E-state index contributed by atoms with van der Waals surface area (Å²) < 4.78 is 8.23. The summed E-state index contributed by atoms with van der Waals surface area (Å²) in [7, 11) is 1.60. The van der Waals surface area contributed by atoms with Crippen molar-refractivity contribution in [2.75, 3.05) is 7.11 Å². The topological polar surface area (TPSA) is 43.6 Å². The van der Waals surface area contributed by atoms with Crippen LogP contribution in [0.2, 0.25) is 0 Å². The van der Waals surface area contributed by atoms with Gasteiger partial charge in [-0.05, 0) is 48.9 Å². The molecule has 0 saturated carbocycles. The van der Waals surface area contributed by atoms with E-state index in [-0.39, 0.29) is 5.91 Å². The average Bonchev–Trinajstić information content (AvgIpc) is 2.91. The number of ether oxygens (including phenoxy) is 1. The van der Waals surface area contributed by atoms with Gasteiger partial charge in [0, 0.05) is 12.1 Å². The molecule has 24 heavy (non-hydrogen) atoms. The van der Waals surface area contributed by atoms with E-state index in [1.807, 2.05) is 10.6 Å². The Labute approximate surface area is 144 Å². The molecule has 5 heteroatoms. The third-order valence-corrected chi connectivity index (χ3v) is 4.73. The van der Waals surface area contributed by atoms with E-state index in [0.717, 1.165) is 10.2 Å². The van der Waals surface area contributed by atoms with Crippen molar-refractivity contribution in [3.05, 3.63) is 71.0 Å². The Morgan fingerprint density at radius 2 is 2.04 bits per heavy atom. The van der Waals surface area contributed by atoms with Crippen molar-refractivity contribution in [3.63, 3.8) is 0 Å². The van der Waals surface area contributed by atoms with E-state index < -0.39 is 0 Å². The van der Waals surface area contributed by atoms with Gasteiger partial charge in [-0.2, -0.15) is 4.99 Å². The van der Waals surface area contributed by atoms with Crippen LogP contribution in [0.15, 0.2) is 60.1 Å². The molecule has 2 aromatic carbocycles. The van der Waals surface area contributed by atoms with Crippen molar-refractivity contribution in [2.24, 2.45) is 4.99 Å². The van der Waals surface area contributed by atoms with Crippen molar-refractivity contribution in [1.29, 1.82) is 0 Å². The molecule has 0 bridgehead atoms. The van der Waals surface area contributed by atoms with Crippen LogP contribution in [0, 0.1) is 6.92 Å². The maximum absolute atomic E-state index is 12.5. The highest BCUT2D eigenvalue weighted by Crippen LogP contribution is 2.19. The predicted octanol–water partition coefficient (Wildman–Crippen LogP) is 3.95. The molecule has 0 fully saturated rings. The first-order chi connectivity index (χ1) is 11.6. The van der Waals surface area contributed by atoms with Crippen LogP contribution in [0.3, 0.4) is 0 Å². The van der Waals surface area contributed by atoms with Crippen LogP contribution in [-0.4, -0.2) is 17.6 Å². The Balaban J connectivity index is 2.08. The summed E-state index contributed by atoms with van der Waals surface area (Å²) in [6, 6.07) is 13.2. The molecule has 0 aliphatic carbocycles. The summed E-state index contributed by atoms with van der Waals surface area (Å²) in [4.78, 5) is 17.5. The van der Waals surface area contributed by atoms with Crippen LogP contribution >= 0.6 is 11.3 Å². The van der Waals surface area contributed by atoms with Gasteiger partial charge in [-0.1, -0.05) is 23.5 Å². The number of aryl methyl sites for hydroxylation is 1. The Morgan fingerprint density at radius 3 is 2.71 bits per heavy atom. The lowest BCUT2D eigenvalue weighted by Crippen LogP contribution is -2.16. The number of methoxy groups -OCH3 is 1. The maximum Gasteiger partial charge on any atom is 0.279 e. The summed E-state index contributed by atoms with van der Waals surface area (Å²) in [5.41, 5.74) is 2.78. The zero-order valence-electron chi connectivity index (χ0n) is 13.7. The number of allylic oxidation sites excluding steroid dienone is 1. The summed E-state index contributed by atoms with van der Waals surface area (Å²) in [6.07, 6.45) is 1.81. The largest absolute Gasteiger partial charge is 0.497 e. The molecular formula is C19H18N2O2S. The number of hydrogen-bond donors (Lipinski definition) is 0. The van der Waals surface area contributed by atoms with Gasteiger partial charge in [0.05, 0.1) is 17.3 Å². The summed E-state index contributed by atoms with van der Waals surface area (Å²) in [5.74, 6) is 0.448. The Bertz CT molecular complexity index is 965. The first kappa shape index (κ1) is 16.2. The lowest BCUT2D eigenvalue weighted by atomic mass is 10.2. The molecule has 0 unspecified atom stereocenters. The number of hydrogen-bond acceptors (Lipinski definition) is 3. The number of carbonyl (C=O) groups is 1. The van der Waals surface area contributed by atoms with Crippen LogP contribution in [0.25, 0.3) is 10.2 Å². The van der Waals surface area contributed by atoms with E-state index in [4.69, 9.17) is 4.74 Å². The zero-order chi connectivity index (χ0) is 17.1. The molecule has 0 saturated heterocycles. The Hall–Kier alpha value is -2.66. The SMILES string of the molecule is C=CCn1c(=NC(=O)c2ccc(OC)cc2)sc2cc(C)ccc21. The molecule has 1 heterocycles. The molecule has 122 valence electrons. The number of rotatable bonds is 4. The molecule has 0 spiro atoms. The number of amides is 1. The van der Waals surface area contributed by atoms with Gasteiger partial charge in [0.2, 0.25) is 0 Å². The third-order valence-electron chi connectivity index (χ3n) is 3.68. The number of thiazole rings is 1. The quantitative estimate of drug-likeness (QED) is 0.676. The molecule has 0 aliphatic rings. The number of nitrogens with zero attached hydrogens (tertiary/aromatic N) is 2. The highest BCUT2D eigenvalue weighted by molar-refractivity contribution is 7.16. The number of fused-ring (bicyclic) bond motifs is 1. The van der Waals surface area contributed by atoms with E-state index in [1.54, 1.807) is 31.4 Å². The first-order valence-corrected chi connectivity index (χ1v) is 8.38. The smallest absolute Gasteiger partial charge is 0.279 e. The molecule has 0 radical (unpaired) electrons. The van der Waals surface area contributed by atoms with Gasteiger partial charge >= 0.3 is 0 Å². The Kier molecular flexibility index (Phi) is 4.62. The van der Waals surface area contributed by atoms with E-state index in [0.29, 0.717) is 22.7 Å². The van der Waals surface area contributed by atoms with Gasteiger partial charge in [0.15, 0.2) is 4.80 Å². The van der Waals surface area contributed by atoms with E-state index in [1.165, 1.54) is 16.9 Å². The number of aromatic nitrogens is 1. The maximum atomic E-state index is 12.5. The minimum Gasteiger partial charge on any atom is -0.497 e. The molecule has 1 amide bonds. The molecule has 0 atom stereocenters. The van der Waals surface area contributed by atoms with Gasteiger partial charge in [0.25, 0.3) is 5.91 Å². The molecular weight excluding hydrogens is 320 g/mol. The van der Waals surface area contributed by atoms with Gasteiger partial charge in [-0.25, -0.2) is 0 Å². The number of carbonyl (C=O) groups excluding carboxylic acids is 1. The molecule has 0 N–H and O–H groups in total. The highest BCUT2D eigenvalue weighted by Gasteiger charge is 2.09. The van der Waals surface area contributed by atoms with Crippen LogP contribution < -0.4 is 9.54 Å². The second kappa shape index (κ2) is 6.84. The second-order valence-electron chi connectivity index (χ2n) is 5.40. The van der Waals surface area contributed by atoms with Crippen LogP contribution in [0.4, 0.5) is 0 Å². The lowest BCUT2D eigenvalue weighted by Gasteiger charge is -2.02. The van der Waals surface area contributed by atoms with Crippen molar-refractivity contribution in [2.45, 2.75) is 13.5 Å². The summed E-state index contributed by atoms with van der Waals surface area (Å²) >= 11 is 1.51.